The fourth-order valence-corrected chi connectivity index (χ4v) is 4.78. The minimum Gasteiger partial charge on any atom is -0.349 e. The van der Waals surface area contributed by atoms with Crippen LogP contribution < -0.4 is 10.6 Å². The summed E-state index contributed by atoms with van der Waals surface area (Å²) in [4.78, 5) is 32.3. The van der Waals surface area contributed by atoms with Gasteiger partial charge in [0.1, 0.15) is 12.0 Å². The van der Waals surface area contributed by atoms with Crippen LogP contribution in [0.5, 0.6) is 0 Å². The topological polar surface area (TPSA) is 117 Å². The molecule has 2 fully saturated rings. The van der Waals surface area contributed by atoms with Crippen molar-refractivity contribution in [2.75, 3.05) is 5.32 Å². The number of alkyl halides is 3. The molecule has 3 aromatic heterocycles. The summed E-state index contributed by atoms with van der Waals surface area (Å²) in [5.41, 5.74) is -0.508. The number of hydrogen-bond acceptors (Lipinski definition) is 5. The molecule has 0 saturated heterocycles. The van der Waals surface area contributed by atoms with Crippen molar-refractivity contribution in [1.29, 1.82) is 0 Å². The van der Waals surface area contributed by atoms with E-state index in [9.17, 15) is 22.8 Å². The lowest BCUT2D eigenvalue weighted by Crippen LogP contribution is -2.29. The first-order valence-electron chi connectivity index (χ1n) is 11.8. The van der Waals surface area contributed by atoms with Crippen LogP contribution in [0.25, 0.3) is 27.8 Å². The number of imidazole rings is 1. The van der Waals surface area contributed by atoms with Gasteiger partial charge in [-0.2, -0.15) is 5.10 Å². The smallest absolute Gasteiger partial charge is 0.267 e. The third-order valence-corrected chi connectivity index (χ3v) is 6.80. The first-order chi connectivity index (χ1) is 17.7. The number of carbonyl (C=O) groups excluding carboxylic acids is 2. The van der Waals surface area contributed by atoms with E-state index >= 15 is 4.39 Å². The van der Waals surface area contributed by atoms with E-state index in [4.69, 9.17) is 0 Å². The number of fused-ring (bicyclic) bond motifs is 2. The molecule has 1 aromatic carbocycles. The van der Waals surface area contributed by atoms with Gasteiger partial charge in [-0.05, 0) is 25.2 Å². The van der Waals surface area contributed by atoms with Crippen LogP contribution in [-0.4, -0.2) is 42.6 Å². The highest BCUT2D eigenvalue weighted by Gasteiger charge is 2.44. The van der Waals surface area contributed by atoms with Gasteiger partial charge in [0.15, 0.2) is 11.5 Å². The predicted molar refractivity (Wildman–Crippen MR) is 124 cm³/mol. The highest BCUT2D eigenvalue weighted by Crippen LogP contribution is 2.47. The molecule has 0 bridgehead atoms. The Hall–Kier alpha value is -4.03. The van der Waals surface area contributed by atoms with Gasteiger partial charge in [0.2, 0.25) is 11.8 Å². The van der Waals surface area contributed by atoms with E-state index in [1.54, 1.807) is 0 Å². The van der Waals surface area contributed by atoms with Crippen LogP contribution in [0.15, 0.2) is 24.8 Å². The number of hydrogen-bond donors (Lipinski definition) is 3. The van der Waals surface area contributed by atoms with Gasteiger partial charge in [-0.1, -0.05) is 0 Å². The highest BCUT2D eigenvalue weighted by atomic mass is 19.3. The molecule has 9 nitrogen and oxygen atoms in total. The number of anilines is 1. The molecule has 2 aliphatic rings. The molecule has 3 atom stereocenters. The Morgan fingerprint density at radius 2 is 1.95 bits per heavy atom. The average molecular weight is 515 g/mol. The largest absolute Gasteiger partial charge is 0.349 e. The van der Waals surface area contributed by atoms with Gasteiger partial charge in [-0.25, -0.2) is 22.5 Å². The summed E-state index contributed by atoms with van der Waals surface area (Å²) in [6.45, 7) is 1.29. The van der Waals surface area contributed by atoms with E-state index in [1.165, 1.54) is 36.1 Å². The van der Waals surface area contributed by atoms with Gasteiger partial charge in [-0.3, -0.25) is 19.7 Å². The Balaban J connectivity index is 1.47. The monoisotopic (exact) mass is 515 g/mol. The molecule has 13 heteroatoms. The van der Waals surface area contributed by atoms with Crippen molar-refractivity contribution in [3.05, 3.63) is 41.7 Å². The van der Waals surface area contributed by atoms with Crippen molar-refractivity contribution in [3.8, 4) is 11.3 Å². The van der Waals surface area contributed by atoms with Crippen LogP contribution >= 0.6 is 0 Å². The third-order valence-electron chi connectivity index (χ3n) is 6.80. The van der Waals surface area contributed by atoms with Crippen molar-refractivity contribution in [2.45, 2.75) is 44.8 Å². The van der Waals surface area contributed by atoms with Crippen LogP contribution in [0.2, 0.25) is 0 Å². The molecule has 0 radical (unpaired) electrons. The first-order valence-corrected chi connectivity index (χ1v) is 11.8. The lowest BCUT2D eigenvalue weighted by molar-refractivity contribution is -0.120. The van der Waals surface area contributed by atoms with Crippen molar-refractivity contribution in [2.24, 2.45) is 11.8 Å². The quantitative estimate of drug-likeness (QED) is 0.319. The van der Waals surface area contributed by atoms with Crippen molar-refractivity contribution in [3.63, 3.8) is 0 Å². The maximum atomic E-state index is 15.9. The zero-order valence-corrected chi connectivity index (χ0v) is 19.4. The van der Waals surface area contributed by atoms with E-state index in [1.807, 2.05) is 0 Å². The number of halogens is 4. The number of H-pyrrole nitrogens is 1. The average Bonchev–Trinajstić information content (AvgIpc) is 3.72. The number of carbonyl (C=O) groups is 2. The summed E-state index contributed by atoms with van der Waals surface area (Å²) < 4.78 is 59.4. The number of aromatic nitrogens is 5. The Morgan fingerprint density at radius 1 is 1.19 bits per heavy atom. The number of aromatic amines is 1. The minimum absolute atomic E-state index is 0.0310. The van der Waals surface area contributed by atoms with Crippen LogP contribution in [-0.2, 0) is 9.59 Å². The normalized spacial score (nSPS) is 19.9. The molecule has 2 aliphatic carbocycles. The lowest BCUT2D eigenvalue weighted by Gasteiger charge is -2.22. The number of rotatable bonds is 7. The van der Waals surface area contributed by atoms with Gasteiger partial charge in [0.25, 0.3) is 6.43 Å². The number of nitrogens with one attached hydrogen (secondary N) is 3. The maximum Gasteiger partial charge on any atom is 0.267 e. The van der Waals surface area contributed by atoms with Crippen LogP contribution in [0, 0.1) is 17.7 Å². The van der Waals surface area contributed by atoms with Crippen LogP contribution in [0.3, 0.4) is 0 Å². The Kier molecular flexibility index (Phi) is 5.39. The molecule has 3 N–H and O–H groups in total. The fourth-order valence-electron chi connectivity index (χ4n) is 4.78. The molecular weight excluding hydrogens is 494 g/mol. The van der Waals surface area contributed by atoms with Gasteiger partial charge >= 0.3 is 0 Å². The first kappa shape index (κ1) is 23.4. The lowest BCUT2D eigenvalue weighted by atomic mass is 9.91. The van der Waals surface area contributed by atoms with Crippen LogP contribution in [0.4, 0.5) is 23.4 Å². The molecule has 0 spiro atoms. The van der Waals surface area contributed by atoms with Crippen molar-refractivity contribution in [1.82, 2.24) is 29.9 Å². The zero-order valence-electron chi connectivity index (χ0n) is 19.4. The maximum absolute atomic E-state index is 15.9. The Bertz CT molecular complexity index is 1560. The van der Waals surface area contributed by atoms with Crippen LogP contribution in [0.1, 0.15) is 49.8 Å². The molecule has 6 rings (SSSR count). The third kappa shape index (κ3) is 4.07. The van der Waals surface area contributed by atoms with E-state index in [0.717, 1.165) is 12.8 Å². The summed E-state index contributed by atoms with van der Waals surface area (Å²) in [5.74, 6) is -2.65. The molecule has 2 amide bonds. The summed E-state index contributed by atoms with van der Waals surface area (Å²) in [7, 11) is 0. The fraction of sp³-hybridized carbons (Fsp3) is 0.375. The highest BCUT2D eigenvalue weighted by molar-refractivity contribution is 5.98. The van der Waals surface area contributed by atoms with E-state index in [2.05, 4.69) is 30.8 Å². The molecule has 37 heavy (non-hydrogen) atoms. The second-order valence-corrected chi connectivity index (χ2v) is 9.50. The van der Waals surface area contributed by atoms with Gasteiger partial charge in [0.05, 0.1) is 47.3 Å². The second-order valence-electron chi connectivity index (χ2n) is 9.50. The van der Waals surface area contributed by atoms with E-state index < -0.39 is 47.8 Å². The minimum atomic E-state index is -3.19. The Labute approximate surface area is 206 Å². The molecule has 4 aromatic rings. The van der Waals surface area contributed by atoms with E-state index in [-0.39, 0.29) is 45.9 Å². The summed E-state index contributed by atoms with van der Waals surface area (Å²) in [6, 6.07) is -0.780. The molecular formula is C24H21F4N7O2. The molecule has 1 unspecified atom stereocenters. The van der Waals surface area contributed by atoms with E-state index in [0.29, 0.717) is 5.65 Å². The standard InChI is InChI=1S/C24H21F4N7O2/c1-9(36)31-21(10-2-3-10)19-20(26)18(23(27)28)17(12-5-30-34-22(12)19)14-7-35-8-15(32-16(35)6-29-14)33-24(37)11-4-13(11)25/h5-8,10-11,13,21,23H,2-4H2,1H3,(H,30,34)(H,31,36)(H,33,37)/t11-,13+,21?/m1/s1. The van der Waals surface area contributed by atoms with Crippen molar-refractivity contribution >= 4 is 34.2 Å². The summed E-state index contributed by atoms with van der Waals surface area (Å²) in [6.07, 6.45) is 2.73. The molecule has 3 heterocycles. The Morgan fingerprint density at radius 3 is 2.59 bits per heavy atom. The summed E-state index contributed by atoms with van der Waals surface area (Å²) in [5, 5.41) is 12.2. The van der Waals surface area contributed by atoms with Gasteiger partial charge < -0.3 is 15.0 Å². The number of nitrogens with zero attached hydrogens (tertiary/aromatic N) is 4. The molecule has 0 aliphatic heterocycles. The number of benzene rings is 1. The van der Waals surface area contributed by atoms with Crippen molar-refractivity contribution < 1.29 is 27.2 Å². The number of amides is 2. The predicted octanol–water partition coefficient (Wildman–Crippen LogP) is 4.23. The zero-order chi connectivity index (χ0) is 26.0. The summed E-state index contributed by atoms with van der Waals surface area (Å²) >= 11 is 0. The molecule has 2 saturated carbocycles. The second kappa shape index (κ2) is 8.53. The van der Waals surface area contributed by atoms with Gasteiger partial charge in [-0.15, -0.1) is 0 Å². The SMILES string of the molecule is CC(=O)NC(c1c(F)c(C(F)F)c(-c2cn3cc(NC(=O)[C@@H]4C[C@@H]4F)nc3cn2)c2cn[nH]c12)C1CC1. The van der Waals surface area contributed by atoms with Gasteiger partial charge in [0, 0.05) is 29.6 Å². The molecule has 192 valence electrons.